The maximum atomic E-state index is 12.1. The van der Waals surface area contributed by atoms with Gasteiger partial charge in [-0.1, -0.05) is 27.7 Å². The van der Waals surface area contributed by atoms with E-state index in [-0.39, 0.29) is 17.9 Å². The summed E-state index contributed by atoms with van der Waals surface area (Å²) in [5, 5.41) is 11.7. The molecular weight excluding hydrogens is 268 g/mol. The van der Waals surface area contributed by atoms with E-state index in [1.165, 1.54) is 0 Å². The van der Waals surface area contributed by atoms with Crippen molar-refractivity contribution in [3.63, 3.8) is 0 Å². The van der Waals surface area contributed by atoms with Crippen LogP contribution in [0, 0.1) is 17.3 Å². The zero-order valence-corrected chi connectivity index (χ0v) is 13.8. The molecule has 0 radical (unpaired) electrons. The third-order valence-corrected chi connectivity index (χ3v) is 4.71. The molecule has 0 aliphatic carbocycles. The van der Waals surface area contributed by atoms with Crippen molar-refractivity contribution < 1.29 is 14.7 Å². The predicted octanol–water partition coefficient (Wildman–Crippen LogP) is 2.96. The van der Waals surface area contributed by atoms with Crippen molar-refractivity contribution in [1.82, 2.24) is 10.2 Å². The van der Waals surface area contributed by atoms with Crippen molar-refractivity contribution >= 4 is 12.0 Å². The van der Waals surface area contributed by atoms with Crippen molar-refractivity contribution in [3.8, 4) is 0 Å². The fourth-order valence-corrected chi connectivity index (χ4v) is 2.41. The Kier molecular flexibility index (Phi) is 6.49. The molecule has 1 aliphatic heterocycles. The largest absolute Gasteiger partial charge is 0.481 e. The molecule has 0 spiro atoms. The average molecular weight is 298 g/mol. The molecule has 2 amide bonds. The fraction of sp³-hybridized carbons (Fsp3) is 0.875. The minimum absolute atomic E-state index is 0.0165. The van der Waals surface area contributed by atoms with Gasteiger partial charge in [-0.15, -0.1) is 0 Å². The smallest absolute Gasteiger partial charge is 0.317 e. The first-order valence-electron chi connectivity index (χ1n) is 7.94. The molecule has 1 fully saturated rings. The van der Waals surface area contributed by atoms with Crippen molar-refractivity contribution in [2.75, 3.05) is 19.6 Å². The number of piperidine rings is 1. The van der Waals surface area contributed by atoms with Crippen LogP contribution in [-0.4, -0.2) is 41.6 Å². The normalized spacial score (nSPS) is 18.4. The SMILES string of the molecule is CC(CNC(=O)N1CCC(CCC(=O)O)CC1)C(C)(C)C. The second-order valence-corrected chi connectivity index (χ2v) is 7.32. The first kappa shape index (κ1) is 17.8. The monoisotopic (exact) mass is 298 g/mol. The molecule has 0 aromatic heterocycles. The summed E-state index contributed by atoms with van der Waals surface area (Å²) in [6.45, 7) is 10.9. The summed E-state index contributed by atoms with van der Waals surface area (Å²) in [6.07, 6.45) is 2.79. The highest BCUT2D eigenvalue weighted by Gasteiger charge is 2.25. The highest BCUT2D eigenvalue weighted by molar-refractivity contribution is 5.74. The third-order valence-electron chi connectivity index (χ3n) is 4.71. The molecule has 1 atom stereocenters. The number of urea groups is 1. The summed E-state index contributed by atoms with van der Waals surface area (Å²) in [6, 6.07) is 0.0165. The third kappa shape index (κ3) is 6.36. The molecule has 0 saturated carbocycles. The van der Waals surface area contributed by atoms with Crippen LogP contribution in [0.3, 0.4) is 0 Å². The van der Waals surface area contributed by atoms with Crippen LogP contribution in [0.4, 0.5) is 4.79 Å². The lowest BCUT2D eigenvalue weighted by Gasteiger charge is -2.33. The van der Waals surface area contributed by atoms with Crippen LogP contribution in [0.25, 0.3) is 0 Å². The van der Waals surface area contributed by atoms with Gasteiger partial charge in [0.05, 0.1) is 0 Å². The Morgan fingerprint density at radius 3 is 2.33 bits per heavy atom. The van der Waals surface area contributed by atoms with Crippen molar-refractivity contribution in [2.24, 2.45) is 17.3 Å². The summed E-state index contributed by atoms with van der Waals surface area (Å²) >= 11 is 0. The van der Waals surface area contributed by atoms with E-state index in [9.17, 15) is 9.59 Å². The highest BCUT2D eigenvalue weighted by Crippen LogP contribution is 2.25. The molecule has 122 valence electrons. The Balaban J connectivity index is 2.27. The highest BCUT2D eigenvalue weighted by atomic mass is 16.4. The van der Waals surface area contributed by atoms with Crippen LogP contribution in [0.2, 0.25) is 0 Å². The maximum absolute atomic E-state index is 12.1. The Hall–Kier alpha value is -1.26. The summed E-state index contributed by atoms with van der Waals surface area (Å²) in [5.74, 6) is 0.138. The van der Waals surface area contributed by atoms with Crippen molar-refractivity contribution in [3.05, 3.63) is 0 Å². The molecule has 5 nitrogen and oxygen atoms in total. The van der Waals surface area contributed by atoms with Crippen molar-refractivity contribution in [1.29, 1.82) is 0 Å². The lowest BCUT2D eigenvalue weighted by Crippen LogP contribution is -2.46. The average Bonchev–Trinajstić information content (AvgIpc) is 2.41. The molecule has 21 heavy (non-hydrogen) atoms. The fourth-order valence-electron chi connectivity index (χ4n) is 2.41. The molecule has 2 N–H and O–H groups in total. The van der Waals surface area contributed by atoms with E-state index in [1.807, 2.05) is 4.90 Å². The number of hydrogen-bond acceptors (Lipinski definition) is 2. The van der Waals surface area contributed by atoms with E-state index in [1.54, 1.807) is 0 Å². The molecule has 1 saturated heterocycles. The number of rotatable bonds is 5. The second kappa shape index (κ2) is 7.66. The lowest BCUT2D eigenvalue weighted by molar-refractivity contribution is -0.137. The van der Waals surface area contributed by atoms with E-state index in [2.05, 4.69) is 33.0 Å². The molecule has 1 heterocycles. The maximum Gasteiger partial charge on any atom is 0.317 e. The van der Waals surface area contributed by atoms with Gasteiger partial charge in [-0.3, -0.25) is 4.79 Å². The number of aliphatic carboxylic acids is 1. The summed E-state index contributed by atoms with van der Waals surface area (Å²) < 4.78 is 0. The Morgan fingerprint density at radius 1 is 1.29 bits per heavy atom. The van der Waals surface area contributed by atoms with E-state index >= 15 is 0 Å². The number of likely N-dealkylation sites (tertiary alicyclic amines) is 1. The standard InChI is InChI=1S/C16H30N2O3/c1-12(16(2,3)4)11-17-15(21)18-9-7-13(8-10-18)5-6-14(19)20/h12-13H,5-11H2,1-4H3,(H,17,21)(H,19,20). The van der Waals surface area contributed by atoms with Gasteiger partial charge in [0.15, 0.2) is 0 Å². The Labute approximate surface area is 128 Å². The van der Waals surface area contributed by atoms with Gasteiger partial charge in [0.2, 0.25) is 0 Å². The number of nitrogens with one attached hydrogen (secondary N) is 1. The van der Waals surface area contributed by atoms with Gasteiger partial charge < -0.3 is 15.3 Å². The molecule has 1 rings (SSSR count). The Bertz CT molecular complexity index is 355. The predicted molar refractivity (Wildman–Crippen MR) is 83.2 cm³/mol. The number of carbonyl (C=O) groups is 2. The number of hydrogen-bond donors (Lipinski definition) is 2. The molecule has 0 bridgehead atoms. The Morgan fingerprint density at radius 2 is 1.86 bits per heavy atom. The molecule has 0 aromatic rings. The second-order valence-electron chi connectivity index (χ2n) is 7.32. The van der Waals surface area contributed by atoms with Gasteiger partial charge in [0.1, 0.15) is 0 Å². The molecule has 1 aliphatic rings. The number of amides is 2. The van der Waals surface area contributed by atoms with Crippen LogP contribution in [-0.2, 0) is 4.79 Å². The summed E-state index contributed by atoms with van der Waals surface area (Å²) in [7, 11) is 0. The zero-order chi connectivity index (χ0) is 16.0. The van der Waals surface area contributed by atoms with E-state index in [0.29, 0.717) is 18.4 Å². The van der Waals surface area contributed by atoms with E-state index in [4.69, 9.17) is 5.11 Å². The summed E-state index contributed by atoms with van der Waals surface area (Å²) in [5.41, 5.74) is 0.192. The van der Waals surface area contributed by atoms with Crippen LogP contribution in [0.1, 0.15) is 53.4 Å². The van der Waals surface area contributed by atoms with Gasteiger partial charge in [-0.25, -0.2) is 4.79 Å². The van der Waals surface area contributed by atoms with E-state index < -0.39 is 5.97 Å². The lowest BCUT2D eigenvalue weighted by atomic mass is 9.82. The van der Waals surface area contributed by atoms with Gasteiger partial charge >= 0.3 is 12.0 Å². The van der Waals surface area contributed by atoms with E-state index in [0.717, 1.165) is 32.4 Å². The minimum Gasteiger partial charge on any atom is -0.481 e. The molecule has 0 aromatic carbocycles. The molecule has 1 unspecified atom stereocenters. The zero-order valence-electron chi connectivity index (χ0n) is 13.8. The van der Waals surface area contributed by atoms with Gasteiger partial charge in [-0.05, 0) is 36.5 Å². The number of carboxylic acid groups (broad SMARTS) is 1. The van der Waals surface area contributed by atoms with Gasteiger partial charge in [0.25, 0.3) is 0 Å². The quantitative estimate of drug-likeness (QED) is 0.820. The van der Waals surface area contributed by atoms with Crippen LogP contribution >= 0.6 is 0 Å². The molecular formula is C16H30N2O3. The van der Waals surface area contributed by atoms with Crippen LogP contribution in [0.5, 0.6) is 0 Å². The molecule has 5 heteroatoms. The van der Waals surface area contributed by atoms with Crippen molar-refractivity contribution in [2.45, 2.75) is 53.4 Å². The van der Waals surface area contributed by atoms with Gasteiger partial charge in [-0.2, -0.15) is 0 Å². The first-order chi connectivity index (χ1) is 9.70. The first-order valence-corrected chi connectivity index (χ1v) is 7.94. The van der Waals surface area contributed by atoms with Gasteiger partial charge in [0, 0.05) is 26.1 Å². The number of nitrogens with zero attached hydrogens (tertiary/aromatic N) is 1. The minimum atomic E-state index is -0.730. The summed E-state index contributed by atoms with van der Waals surface area (Å²) in [4.78, 5) is 24.5. The number of carbonyl (C=O) groups excluding carboxylic acids is 1. The van der Waals surface area contributed by atoms with Crippen LogP contribution in [0.15, 0.2) is 0 Å². The topological polar surface area (TPSA) is 69.6 Å². The van der Waals surface area contributed by atoms with Crippen LogP contribution < -0.4 is 5.32 Å². The number of carboxylic acids is 1.